The van der Waals surface area contributed by atoms with Gasteiger partial charge in [0.05, 0.1) is 18.3 Å². The maximum Gasteiger partial charge on any atom is 0.249 e. The van der Waals surface area contributed by atoms with E-state index in [4.69, 9.17) is 10.5 Å². The Morgan fingerprint density at radius 2 is 2.09 bits per heavy atom. The van der Waals surface area contributed by atoms with Crippen LogP contribution in [0.3, 0.4) is 0 Å². The average molecular weight is 445 g/mol. The van der Waals surface area contributed by atoms with E-state index in [1.54, 1.807) is 64.8 Å². The molecule has 2 aliphatic heterocycles. The molecule has 0 aliphatic carbocycles. The molecule has 2 fully saturated rings. The predicted octanol–water partition coefficient (Wildman–Crippen LogP) is 1.26. The van der Waals surface area contributed by atoms with Gasteiger partial charge < -0.3 is 19.9 Å². The molecule has 2 aromatic heterocycles. The monoisotopic (exact) mass is 445 g/mol. The number of nitrogens with two attached hydrogens (primary N) is 1. The minimum absolute atomic E-state index is 0.0229. The number of primary amides is 1. The number of rotatable bonds is 6. The molecule has 0 radical (unpaired) electrons. The van der Waals surface area contributed by atoms with Crippen LogP contribution < -0.4 is 5.73 Å². The fraction of sp³-hybridized carbons (Fsp3) is 0.292. The lowest BCUT2D eigenvalue weighted by Crippen LogP contribution is -2.44. The van der Waals surface area contributed by atoms with Gasteiger partial charge in [0, 0.05) is 42.6 Å². The summed E-state index contributed by atoms with van der Waals surface area (Å²) < 4.78 is 7.36. The smallest absolute Gasteiger partial charge is 0.249 e. The Kier molecular flexibility index (Phi) is 5.47. The van der Waals surface area contributed by atoms with Crippen LogP contribution in [0.5, 0.6) is 0 Å². The summed E-state index contributed by atoms with van der Waals surface area (Å²) >= 11 is 0. The van der Waals surface area contributed by atoms with Gasteiger partial charge in [-0.2, -0.15) is 0 Å². The van der Waals surface area contributed by atoms with E-state index in [0.29, 0.717) is 24.9 Å². The van der Waals surface area contributed by atoms with Crippen LogP contribution in [0.15, 0.2) is 61.4 Å². The van der Waals surface area contributed by atoms with Crippen LogP contribution in [0.4, 0.5) is 0 Å². The standard InChI is InChI=1S/C24H23N5O4/c25-23(31)17-4-3-16(28-9-7-27-14-28)11-18(17)19(10-15-2-1-6-26-12-15)24(32)29-8-5-21-22(29)20(30)13-33-21/h1-4,6-7,9,11-12,14,19,21-22H,5,8,10,13H2,(H2,25,31). The van der Waals surface area contributed by atoms with Crippen molar-refractivity contribution in [2.75, 3.05) is 13.2 Å². The van der Waals surface area contributed by atoms with Gasteiger partial charge in [-0.3, -0.25) is 19.4 Å². The Hall–Kier alpha value is -3.85. The van der Waals surface area contributed by atoms with Crippen molar-refractivity contribution in [3.63, 3.8) is 0 Å². The number of imidazole rings is 1. The van der Waals surface area contributed by atoms with Gasteiger partial charge in [0.15, 0.2) is 5.78 Å². The van der Waals surface area contributed by atoms with Crippen LogP contribution in [0.25, 0.3) is 5.69 Å². The van der Waals surface area contributed by atoms with E-state index in [2.05, 4.69) is 9.97 Å². The molecule has 168 valence electrons. The van der Waals surface area contributed by atoms with Gasteiger partial charge >= 0.3 is 0 Å². The van der Waals surface area contributed by atoms with Gasteiger partial charge in [-0.1, -0.05) is 6.07 Å². The molecular weight excluding hydrogens is 422 g/mol. The number of ketones is 1. The zero-order valence-corrected chi connectivity index (χ0v) is 17.8. The van der Waals surface area contributed by atoms with Crippen LogP contribution >= 0.6 is 0 Å². The molecule has 5 rings (SSSR count). The molecule has 1 aromatic carbocycles. The van der Waals surface area contributed by atoms with Crippen molar-refractivity contribution in [1.82, 2.24) is 19.4 Å². The summed E-state index contributed by atoms with van der Waals surface area (Å²) in [6, 6.07) is 8.29. The molecule has 3 unspecified atom stereocenters. The van der Waals surface area contributed by atoms with Gasteiger partial charge in [-0.05, 0) is 48.2 Å². The number of Topliss-reactive ketones (excluding diaryl/α,β-unsaturated/α-hetero) is 1. The van der Waals surface area contributed by atoms with Crippen molar-refractivity contribution in [3.05, 3.63) is 78.1 Å². The van der Waals surface area contributed by atoms with Crippen LogP contribution in [0.2, 0.25) is 0 Å². The number of hydrogen-bond acceptors (Lipinski definition) is 6. The molecule has 0 bridgehead atoms. The van der Waals surface area contributed by atoms with Crippen LogP contribution in [-0.2, 0) is 20.7 Å². The largest absolute Gasteiger partial charge is 0.368 e. The number of pyridine rings is 1. The molecule has 3 atom stereocenters. The molecule has 2 saturated heterocycles. The molecule has 9 nitrogen and oxygen atoms in total. The van der Waals surface area contributed by atoms with Crippen molar-refractivity contribution < 1.29 is 19.1 Å². The lowest BCUT2D eigenvalue weighted by Gasteiger charge is -2.28. The summed E-state index contributed by atoms with van der Waals surface area (Å²) in [6.45, 7) is 0.450. The van der Waals surface area contributed by atoms with Gasteiger partial charge in [0.2, 0.25) is 11.8 Å². The highest BCUT2D eigenvalue weighted by Crippen LogP contribution is 2.34. The Labute approximate surface area is 190 Å². The Bertz CT molecular complexity index is 1190. The molecular formula is C24H23N5O4. The Morgan fingerprint density at radius 1 is 1.21 bits per heavy atom. The number of aromatic nitrogens is 3. The first kappa shape index (κ1) is 21.0. The third kappa shape index (κ3) is 3.91. The second kappa shape index (κ2) is 8.59. The summed E-state index contributed by atoms with van der Waals surface area (Å²) in [6.07, 6.45) is 9.07. The first-order valence-electron chi connectivity index (χ1n) is 10.8. The number of amides is 2. The van der Waals surface area contributed by atoms with Crippen molar-refractivity contribution in [2.45, 2.75) is 30.9 Å². The molecule has 33 heavy (non-hydrogen) atoms. The summed E-state index contributed by atoms with van der Waals surface area (Å²) in [5.41, 5.74) is 8.07. The van der Waals surface area contributed by atoms with Gasteiger partial charge in [-0.25, -0.2) is 4.98 Å². The first-order chi connectivity index (χ1) is 16.0. The van der Waals surface area contributed by atoms with Gasteiger partial charge in [0.25, 0.3) is 0 Å². The SMILES string of the molecule is NC(=O)c1ccc(-n2ccnc2)cc1C(Cc1cccnc1)C(=O)N1CCC2OCC(=O)C21. The summed E-state index contributed by atoms with van der Waals surface area (Å²) in [5.74, 6) is -1.66. The average Bonchev–Trinajstić information content (AvgIpc) is 3.57. The maximum atomic E-state index is 13.9. The predicted molar refractivity (Wildman–Crippen MR) is 118 cm³/mol. The zero-order valence-electron chi connectivity index (χ0n) is 17.8. The van der Waals surface area contributed by atoms with E-state index < -0.39 is 17.9 Å². The second-order valence-corrected chi connectivity index (χ2v) is 8.30. The van der Waals surface area contributed by atoms with E-state index in [0.717, 1.165) is 11.3 Å². The normalized spacial score (nSPS) is 20.6. The minimum atomic E-state index is -0.729. The lowest BCUT2D eigenvalue weighted by atomic mass is 9.87. The minimum Gasteiger partial charge on any atom is -0.368 e. The second-order valence-electron chi connectivity index (χ2n) is 8.30. The summed E-state index contributed by atoms with van der Waals surface area (Å²) in [4.78, 5) is 48.6. The molecule has 4 heterocycles. The number of carbonyl (C=O) groups is 3. The van der Waals surface area contributed by atoms with E-state index in [1.165, 1.54) is 0 Å². The fourth-order valence-corrected chi connectivity index (χ4v) is 4.76. The number of hydrogen-bond donors (Lipinski definition) is 1. The molecule has 3 aromatic rings. The van der Waals surface area contributed by atoms with Crippen molar-refractivity contribution in [2.24, 2.45) is 5.73 Å². The maximum absolute atomic E-state index is 13.9. The van der Waals surface area contributed by atoms with Crippen molar-refractivity contribution >= 4 is 17.6 Å². The summed E-state index contributed by atoms with van der Waals surface area (Å²) in [5, 5.41) is 0. The number of benzene rings is 1. The third-order valence-electron chi connectivity index (χ3n) is 6.33. The fourth-order valence-electron chi connectivity index (χ4n) is 4.76. The highest BCUT2D eigenvalue weighted by atomic mass is 16.5. The van der Waals surface area contributed by atoms with E-state index in [-0.39, 0.29) is 30.0 Å². The summed E-state index contributed by atoms with van der Waals surface area (Å²) in [7, 11) is 0. The molecule has 0 saturated carbocycles. The van der Waals surface area contributed by atoms with Crippen molar-refractivity contribution in [3.8, 4) is 5.69 Å². The number of ether oxygens (including phenoxy) is 1. The zero-order chi connectivity index (χ0) is 22.9. The van der Waals surface area contributed by atoms with Crippen LogP contribution in [0, 0.1) is 0 Å². The topological polar surface area (TPSA) is 120 Å². The lowest BCUT2D eigenvalue weighted by molar-refractivity contribution is -0.137. The first-order valence-corrected chi connectivity index (χ1v) is 10.8. The molecule has 2 N–H and O–H groups in total. The quantitative estimate of drug-likeness (QED) is 0.610. The number of nitrogens with zero attached hydrogens (tertiary/aromatic N) is 4. The van der Waals surface area contributed by atoms with Crippen LogP contribution in [0.1, 0.15) is 33.8 Å². The van der Waals surface area contributed by atoms with Crippen LogP contribution in [-0.4, -0.2) is 62.3 Å². The van der Waals surface area contributed by atoms with E-state index in [9.17, 15) is 14.4 Å². The number of likely N-dealkylation sites (tertiary alicyclic amines) is 1. The molecule has 2 amide bonds. The molecule has 9 heteroatoms. The highest BCUT2D eigenvalue weighted by molar-refractivity contribution is 5.99. The number of fused-ring (bicyclic) bond motifs is 1. The molecule has 2 aliphatic rings. The van der Waals surface area contributed by atoms with Gasteiger partial charge in [-0.15, -0.1) is 0 Å². The van der Waals surface area contributed by atoms with E-state index >= 15 is 0 Å². The Balaban J connectivity index is 1.60. The van der Waals surface area contributed by atoms with Crippen molar-refractivity contribution in [1.29, 1.82) is 0 Å². The van der Waals surface area contributed by atoms with Gasteiger partial charge in [0.1, 0.15) is 12.6 Å². The van der Waals surface area contributed by atoms with E-state index in [1.807, 2.05) is 6.07 Å². The third-order valence-corrected chi connectivity index (χ3v) is 6.33. The Morgan fingerprint density at radius 3 is 2.82 bits per heavy atom. The molecule has 0 spiro atoms. The highest BCUT2D eigenvalue weighted by Gasteiger charge is 2.48. The number of carbonyl (C=O) groups excluding carboxylic acids is 3.